The van der Waals surface area contributed by atoms with Gasteiger partial charge < -0.3 is 10.6 Å². The zero-order valence-electron chi connectivity index (χ0n) is 13.7. The minimum Gasteiger partial charge on any atom is -0.357 e. The fourth-order valence-corrected chi connectivity index (χ4v) is 2.63. The fourth-order valence-electron chi connectivity index (χ4n) is 1.73. The Kier molecular flexibility index (Phi) is 12.1. The smallest absolute Gasteiger partial charge is 0.213 e. The average molecular weight is 454 g/mol. The number of guanidine groups is 1. The zero-order valence-corrected chi connectivity index (χ0v) is 16.9. The Labute approximate surface area is 156 Å². The molecule has 0 radical (unpaired) electrons. The minimum atomic E-state index is -3.31. The highest BCUT2D eigenvalue weighted by Crippen LogP contribution is 1.98. The summed E-state index contributed by atoms with van der Waals surface area (Å²) >= 11 is 0. The summed E-state index contributed by atoms with van der Waals surface area (Å²) in [7, 11) is -3.31. The van der Waals surface area contributed by atoms with Crippen LogP contribution in [0.4, 0.5) is 0 Å². The van der Waals surface area contributed by atoms with Gasteiger partial charge in [0.25, 0.3) is 0 Å². The third-order valence-electron chi connectivity index (χ3n) is 2.84. The van der Waals surface area contributed by atoms with Crippen LogP contribution in [0.5, 0.6) is 0 Å². The zero-order chi connectivity index (χ0) is 16.3. The van der Waals surface area contributed by atoms with E-state index in [-0.39, 0.29) is 29.7 Å². The van der Waals surface area contributed by atoms with Crippen LogP contribution >= 0.6 is 24.0 Å². The monoisotopic (exact) mass is 454 g/mol. The molecule has 0 spiro atoms. The average Bonchev–Trinajstić information content (AvgIpc) is 2.51. The highest BCUT2D eigenvalue weighted by Gasteiger charge is 2.10. The third-order valence-corrected chi connectivity index (χ3v) is 4.17. The SMILES string of the molecule is CCCN=C(NCC)NCCS(=O)(=O)NCc1ccccc1.I. The maximum Gasteiger partial charge on any atom is 0.213 e. The molecule has 0 bridgehead atoms. The van der Waals surface area contributed by atoms with Crippen LogP contribution in [0.2, 0.25) is 0 Å². The lowest BCUT2D eigenvalue weighted by Crippen LogP contribution is -2.41. The van der Waals surface area contributed by atoms with Gasteiger partial charge in [-0.15, -0.1) is 24.0 Å². The largest absolute Gasteiger partial charge is 0.357 e. The van der Waals surface area contributed by atoms with Crippen LogP contribution in [0.1, 0.15) is 25.8 Å². The van der Waals surface area contributed by atoms with E-state index in [1.807, 2.05) is 44.2 Å². The number of benzene rings is 1. The van der Waals surface area contributed by atoms with Gasteiger partial charge in [-0.25, -0.2) is 13.1 Å². The molecular formula is C15H27IN4O2S. The van der Waals surface area contributed by atoms with Gasteiger partial charge in [0.05, 0.1) is 5.75 Å². The Morgan fingerprint density at radius 2 is 1.83 bits per heavy atom. The number of nitrogens with one attached hydrogen (secondary N) is 3. The highest BCUT2D eigenvalue weighted by atomic mass is 127. The molecule has 0 saturated heterocycles. The highest BCUT2D eigenvalue weighted by molar-refractivity contribution is 14.0. The van der Waals surface area contributed by atoms with E-state index in [1.165, 1.54) is 0 Å². The molecule has 3 N–H and O–H groups in total. The lowest BCUT2D eigenvalue weighted by molar-refractivity contribution is 0.580. The second-order valence-corrected chi connectivity index (χ2v) is 6.74. The van der Waals surface area contributed by atoms with Gasteiger partial charge >= 0.3 is 0 Å². The molecule has 0 atom stereocenters. The number of nitrogens with zero attached hydrogens (tertiary/aromatic N) is 1. The van der Waals surface area contributed by atoms with Crippen LogP contribution in [0.3, 0.4) is 0 Å². The standard InChI is InChI=1S/C15H26N4O2S.HI/c1-3-10-17-15(16-4-2)18-11-12-22(20,21)19-13-14-8-6-5-7-9-14;/h5-9,19H,3-4,10-13H2,1-2H3,(H2,16,17,18);1H. The van der Waals surface area contributed by atoms with E-state index >= 15 is 0 Å². The van der Waals surface area contributed by atoms with Crippen molar-refractivity contribution in [3.8, 4) is 0 Å². The lowest BCUT2D eigenvalue weighted by atomic mass is 10.2. The van der Waals surface area contributed by atoms with E-state index in [1.54, 1.807) is 0 Å². The number of hydrogen-bond acceptors (Lipinski definition) is 3. The molecule has 132 valence electrons. The third kappa shape index (κ3) is 10.5. The van der Waals surface area contributed by atoms with Crippen molar-refractivity contribution in [3.63, 3.8) is 0 Å². The van der Waals surface area contributed by atoms with Gasteiger partial charge in [0.1, 0.15) is 0 Å². The van der Waals surface area contributed by atoms with Crippen molar-refractivity contribution in [1.29, 1.82) is 0 Å². The molecule has 1 aromatic carbocycles. The molecule has 0 heterocycles. The quantitative estimate of drug-likeness (QED) is 0.301. The summed E-state index contributed by atoms with van der Waals surface area (Å²) in [6, 6.07) is 9.46. The summed E-state index contributed by atoms with van der Waals surface area (Å²) < 4.78 is 26.5. The number of halogens is 1. The van der Waals surface area contributed by atoms with Gasteiger partial charge in [0, 0.05) is 26.2 Å². The Hall–Kier alpha value is -0.870. The Morgan fingerprint density at radius 1 is 1.13 bits per heavy atom. The summed E-state index contributed by atoms with van der Waals surface area (Å²) in [5, 5.41) is 6.11. The number of hydrogen-bond donors (Lipinski definition) is 3. The van der Waals surface area contributed by atoms with Gasteiger partial charge in [0.15, 0.2) is 5.96 Å². The molecule has 1 aromatic rings. The van der Waals surface area contributed by atoms with Crippen molar-refractivity contribution in [2.24, 2.45) is 4.99 Å². The molecule has 0 unspecified atom stereocenters. The van der Waals surface area contributed by atoms with Crippen molar-refractivity contribution in [2.75, 3.05) is 25.4 Å². The molecule has 8 heteroatoms. The first kappa shape index (κ1) is 22.1. The maximum absolute atomic E-state index is 11.9. The number of rotatable bonds is 9. The number of aliphatic imine (C=N–C) groups is 1. The summed E-state index contributed by atoms with van der Waals surface area (Å²) in [5.41, 5.74) is 0.942. The molecule has 1 rings (SSSR count). The molecule has 0 aliphatic heterocycles. The van der Waals surface area contributed by atoms with Crippen molar-refractivity contribution >= 4 is 40.0 Å². The molecule has 0 saturated carbocycles. The van der Waals surface area contributed by atoms with Crippen LogP contribution in [0.25, 0.3) is 0 Å². The van der Waals surface area contributed by atoms with Gasteiger partial charge in [-0.05, 0) is 18.9 Å². The normalized spacial score (nSPS) is 11.7. The Balaban J connectivity index is 0.00000484. The minimum absolute atomic E-state index is 0. The summed E-state index contributed by atoms with van der Waals surface area (Å²) in [6.45, 7) is 6.11. The predicted octanol–water partition coefficient (Wildman–Crippen LogP) is 1.69. The molecule has 0 fully saturated rings. The molecular weight excluding hydrogens is 427 g/mol. The second kappa shape index (κ2) is 12.5. The first-order valence-corrected chi connectivity index (χ1v) is 9.26. The first-order chi connectivity index (χ1) is 10.6. The summed E-state index contributed by atoms with van der Waals surface area (Å²) in [5.74, 6) is 0.665. The van der Waals surface area contributed by atoms with Crippen molar-refractivity contribution in [2.45, 2.75) is 26.8 Å². The summed E-state index contributed by atoms with van der Waals surface area (Å²) in [4.78, 5) is 4.32. The van der Waals surface area contributed by atoms with E-state index in [0.29, 0.717) is 25.6 Å². The van der Waals surface area contributed by atoms with Gasteiger partial charge in [-0.3, -0.25) is 4.99 Å². The number of sulfonamides is 1. The van der Waals surface area contributed by atoms with Crippen LogP contribution in [-0.4, -0.2) is 39.8 Å². The maximum atomic E-state index is 11.9. The van der Waals surface area contributed by atoms with E-state index < -0.39 is 10.0 Å². The van der Waals surface area contributed by atoms with E-state index in [9.17, 15) is 8.42 Å². The molecule has 0 aromatic heterocycles. The van der Waals surface area contributed by atoms with Crippen molar-refractivity contribution in [3.05, 3.63) is 35.9 Å². The molecule has 0 aliphatic rings. The van der Waals surface area contributed by atoms with Crippen LogP contribution < -0.4 is 15.4 Å². The van der Waals surface area contributed by atoms with Crippen LogP contribution in [0, 0.1) is 0 Å². The molecule has 23 heavy (non-hydrogen) atoms. The van der Waals surface area contributed by atoms with E-state index in [4.69, 9.17) is 0 Å². The van der Waals surface area contributed by atoms with Crippen molar-refractivity contribution < 1.29 is 8.42 Å². The molecule has 6 nitrogen and oxygen atoms in total. The topological polar surface area (TPSA) is 82.6 Å². The van der Waals surface area contributed by atoms with Gasteiger partial charge in [0.2, 0.25) is 10.0 Å². The van der Waals surface area contributed by atoms with E-state index in [2.05, 4.69) is 20.3 Å². The van der Waals surface area contributed by atoms with Gasteiger partial charge in [-0.2, -0.15) is 0 Å². The fraction of sp³-hybridized carbons (Fsp3) is 0.533. The van der Waals surface area contributed by atoms with Gasteiger partial charge in [-0.1, -0.05) is 37.3 Å². The second-order valence-electron chi connectivity index (χ2n) is 4.81. The Bertz CT molecular complexity index is 550. The van der Waals surface area contributed by atoms with Crippen LogP contribution in [0.15, 0.2) is 35.3 Å². The molecule has 0 amide bonds. The summed E-state index contributed by atoms with van der Waals surface area (Å²) in [6.07, 6.45) is 0.952. The Morgan fingerprint density at radius 3 is 2.43 bits per heavy atom. The van der Waals surface area contributed by atoms with E-state index in [0.717, 1.165) is 18.5 Å². The molecule has 0 aliphatic carbocycles. The first-order valence-electron chi connectivity index (χ1n) is 7.61. The van der Waals surface area contributed by atoms with Crippen molar-refractivity contribution in [1.82, 2.24) is 15.4 Å². The lowest BCUT2D eigenvalue weighted by Gasteiger charge is -2.12. The predicted molar refractivity (Wildman–Crippen MR) is 107 cm³/mol. The van der Waals surface area contributed by atoms with Crippen LogP contribution in [-0.2, 0) is 16.6 Å².